The molecule has 180 valence electrons. The lowest BCUT2D eigenvalue weighted by Gasteiger charge is -2.31. The minimum Gasteiger partial charge on any atom is -0.484 e. The van der Waals surface area contributed by atoms with E-state index in [0.717, 1.165) is 11.1 Å². The van der Waals surface area contributed by atoms with Crippen LogP contribution in [0, 0.1) is 6.92 Å². The topological polar surface area (TPSA) is 106 Å². The number of nitrogens with zero attached hydrogens (tertiary/aromatic N) is 5. The number of carbonyl (C=O) groups excluding carboxylic acids is 1. The molecule has 1 N–H and O–H groups in total. The Morgan fingerprint density at radius 3 is 2.74 bits per heavy atom. The number of aromatic nitrogens is 5. The maximum atomic E-state index is 12.7. The van der Waals surface area contributed by atoms with Crippen molar-refractivity contribution in [2.24, 2.45) is 0 Å². The second kappa shape index (κ2) is 9.87. The van der Waals surface area contributed by atoms with Crippen LogP contribution in [0.4, 0.5) is 0 Å². The van der Waals surface area contributed by atoms with Crippen LogP contribution in [0.5, 0.6) is 5.75 Å². The third-order valence-electron chi connectivity index (χ3n) is 6.26. The predicted molar refractivity (Wildman–Crippen MR) is 132 cm³/mol. The number of nitrogens with one attached hydrogen (secondary N) is 1. The number of hydrogen-bond donors (Lipinski definition) is 1. The smallest absolute Gasteiger partial charge is 0.281 e. The molecular formula is C25H25ClN6O3. The molecule has 1 aliphatic rings. The number of H-pyrrole nitrogens is 1. The quantitative estimate of drug-likeness (QED) is 0.442. The molecule has 35 heavy (non-hydrogen) atoms. The number of halogens is 1. The summed E-state index contributed by atoms with van der Waals surface area (Å²) in [5.41, 5.74) is 2.25. The van der Waals surface area contributed by atoms with E-state index in [1.165, 1.54) is 0 Å². The van der Waals surface area contributed by atoms with Crippen molar-refractivity contribution in [1.82, 2.24) is 29.9 Å². The minimum atomic E-state index is -0.319. The minimum absolute atomic E-state index is 0.00205. The molecule has 4 aromatic rings. The summed E-state index contributed by atoms with van der Waals surface area (Å²) >= 11 is 6.29. The zero-order valence-corrected chi connectivity index (χ0v) is 20.0. The normalized spacial score (nSPS) is 14.4. The van der Waals surface area contributed by atoms with Gasteiger partial charge in [0.1, 0.15) is 11.6 Å². The highest BCUT2D eigenvalue weighted by molar-refractivity contribution is 6.31. The van der Waals surface area contributed by atoms with Crippen molar-refractivity contribution in [3.8, 4) is 5.75 Å². The predicted octanol–water partition coefficient (Wildman–Crippen LogP) is 3.31. The van der Waals surface area contributed by atoms with Gasteiger partial charge >= 0.3 is 0 Å². The van der Waals surface area contributed by atoms with E-state index in [4.69, 9.17) is 21.3 Å². The number of rotatable bonds is 6. The van der Waals surface area contributed by atoms with Crippen LogP contribution in [0.1, 0.15) is 35.7 Å². The average molecular weight is 493 g/mol. The number of carbonyl (C=O) groups is 1. The summed E-state index contributed by atoms with van der Waals surface area (Å²) in [7, 11) is 0. The maximum Gasteiger partial charge on any atom is 0.281 e. The largest absolute Gasteiger partial charge is 0.484 e. The Kier molecular flexibility index (Phi) is 6.50. The van der Waals surface area contributed by atoms with E-state index in [2.05, 4.69) is 15.3 Å². The van der Waals surface area contributed by atoms with E-state index < -0.39 is 0 Å². The number of likely N-dealkylation sites (tertiary alicyclic amines) is 1. The van der Waals surface area contributed by atoms with Gasteiger partial charge in [-0.25, -0.2) is 9.67 Å². The standard InChI is InChI=1S/C25H25ClN6O3/c1-16-5-4-7-19(13-16)35-15-21(33)31-11-9-17(10-12-31)23-27-24-22(25(34)28-23)29-30-32(24)14-18-6-2-3-8-20(18)26/h2-8,13,17H,9-12,14-15H2,1H3,(H,27,28,34). The van der Waals surface area contributed by atoms with Crippen LogP contribution in [0.15, 0.2) is 53.3 Å². The van der Waals surface area contributed by atoms with Crippen molar-refractivity contribution in [2.45, 2.75) is 32.2 Å². The molecule has 5 rings (SSSR count). The number of fused-ring (bicyclic) bond motifs is 1. The van der Waals surface area contributed by atoms with E-state index in [0.29, 0.717) is 54.7 Å². The summed E-state index contributed by atoms with van der Waals surface area (Å²) in [6, 6.07) is 15.1. The van der Waals surface area contributed by atoms with Crippen molar-refractivity contribution in [3.63, 3.8) is 0 Å². The Morgan fingerprint density at radius 2 is 1.97 bits per heavy atom. The van der Waals surface area contributed by atoms with Crippen LogP contribution >= 0.6 is 11.6 Å². The van der Waals surface area contributed by atoms with E-state index in [1.807, 2.05) is 55.5 Å². The molecule has 2 aromatic carbocycles. The van der Waals surface area contributed by atoms with Crippen molar-refractivity contribution in [1.29, 1.82) is 0 Å². The van der Waals surface area contributed by atoms with Gasteiger partial charge in [0.2, 0.25) is 0 Å². The Morgan fingerprint density at radius 1 is 1.17 bits per heavy atom. The zero-order valence-electron chi connectivity index (χ0n) is 19.3. The maximum absolute atomic E-state index is 12.7. The first kappa shape index (κ1) is 23.0. The Bertz CT molecular complexity index is 1420. The summed E-state index contributed by atoms with van der Waals surface area (Å²) in [5, 5.41) is 8.75. The molecule has 0 bridgehead atoms. The number of aryl methyl sites for hydroxylation is 1. The molecule has 3 heterocycles. The third-order valence-corrected chi connectivity index (χ3v) is 6.62. The SMILES string of the molecule is Cc1cccc(OCC(=O)N2CCC(c3nc4c(nnn4Cc4ccccc4Cl)c(=O)[nH]3)CC2)c1. The molecule has 1 amide bonds. The molecular weight excluding hydrogens is 468 g/mol. The lowest BCUT2D eigenvalue weighted by atomic mass is 9.96. The molecule has 0 atom stereocenters. The fraction of sp³-hybridized carbons (Fsp3) is 0.320. The Hall–Kier alpha value is -3.72. The monoisotopic (exact) mass is 492 g/mol. The van der Waals surface area contributed by atoms with Gasteiger partial charge in [-0.1, -0.05) is 47.1 Å². The molecule has 1 saturated heterocycles. The molecule has 0 saturated carbocycles. The number of hydrogen-bond acceptors (Lipinski definition) is 6. The first-order chi connectivity index (χ1) is 17.0. The van der Waals surface area contributed by atoms with E-state index in [1.54, 1.807) is 9.58 Å². The summed E-state index contributed by atoms with van der Waals surface area (Å²) in [6.45, 7) is 3.48. The van der Waals surface area contributed by atoms with Gasteiger partial charge in [0.05, 0.1) is 6.54 Å². The lowest BCUT2D eigenvalue weighted by molar-refractivity contribution is -0.134. The van der Waals surface area contributed by atoms with Crippen molar-refractivity contribution in [3.05, 3.63) is 80.9 Å². The number of ether oxygens (including phenoxy) is 1. The summed E-state index contributed by atoms with van der Waals surface area (Å²) < 4.78 is 7.26. The number of amides is 1. The van der Waals surface area contributed by atoms with E-state index in [-0.39, 0.29) is 29.5 Å². The molecule has 9 nitrogen and oxygen atoms in total. The molecule has 10 heteroatoms. The van der Waals surface area contributed by atoms with Gasteiger partial charge in [0, 0.05) is 24.0 Å². The van der Waals surface area contributed by atoms with Crippen molar-refractivity contribution >= 4 is 28.7 Å². The highest BCUT2D eigenvalue weighted by atomic mass is 35.5. The Labute approximate surface area is 206 Å². The van der Waals surface area contributed by atoms with Gasteiger partial charge in [0.25, 0.3) is 11.5 Å². The second-order valence-corrected chi connectivity index (χ2v) is 9.13. The zero-order chi connectivity index (χ0) is 24.4. The Balaban J connectivity index is 1.26. The second-order valence-electron chi connectivity index (χ2n) is 8.72. The van der Waals surface area contributed by atoms with Crippen molar-refractivity contribution in [2.75, 3.05) is 19.7 Å². The van der Waals surface area contributed by atoms with E-state index >= 15 is 0 Å². The average Bonchev–Trinajstić information content (AvgIpc) is 3.27. The van der Waals surface area contributed by atoms with Crippen LogP contribution < -0.4 is 10.3 Å². The van der Waals surface area contributed by atoms with Crippen molar-refractivity contribution < 1.29 is 9.53 Å². The molecule has 0 aliphatic carbocycles. The molecule has 1 fully saturated rings. The summed E-state index contributed by atoms with van der Waals surface area (Å²) in [6.07, 6.45) is 1.38. The van der Waals surface area contributed by atoms with Gasteiger partial charge in [-0.15, -0.1) is 5.10 Å². The van der Waals surface area contributed by atoms with Gasteiger partial charge in [0.15, 0.2) is 17.8 Å². The first-order valence-corrected chi connectivity index (χ1v) is 11.9. The fourth-order valence-corrected chi connectivity index (χ4v) is 4.51. The van der Waals surface area contributed by atoms with Gasteiger partial charge in [-0.2, -0.15) is 0 Å². The first-order valence-electron chi connectivity index (χ1n) is 11.5. The highest BCUT2D eigenvalue weighted by Gasteiger charge is 2.26. The highest BCUT2D eigenvalue weighted by Crippen LogP contribution is 2.26. The number of aromatic amines is 1. The molecule has 0 radical (unpaired) electrons. The summed E-state index contributed by atoms with van der Waals surface area (Å²) in [5.74, 6) is 1.25. The number of piperidine rings is 1. The lowest BCUT2D eigenvalue weighted by Crippen LogP contribution is -2.41. The van der Waals surface area contributed by atoms with Gasteiger partial charge in [-0.3, -0.25) is 9.59 Å². The fourth-order valence-electron chi connectivity index (χ4n) is 4.31. The van der Waals surface area contributed by atoms with Crippen LogP contribution in [0.3, 0.4) is 0 Å². The molecule has 2 aromatic heterocycles. The van der Waals surface area contributed by atoms with E-state index in [9.17, 15) is 9.59 Å². The molecule has 1 aliphatic heterocycles. The van der Waals surface area contributed by atoms with Crippen LogP contribution in [-0.2, 0) is 11.3 Å². The van der Waals surface area contributed by atoms with Gasteiger partial charge in [-0.05, 0) is 49.1 Å². The molecule has 0 spiro atoms. The van der Waals surface area contributed by atoms with Crippen LogP contribution in [-0.4, -0.2) is 55.5 Å². The molecule has 0 unspecified atom stereocenters. The number of benzene rings is 2. The summed E-state index contributed by atoms with van der Waals surface area (Å²) in [4.78, 5) is 34.7. The third kappa shape index (κ3) is 5.05. The van der Waals surface area contributed by atoms with Gasteiger partial charge < -0.3 is 14.6 Å². The van der Waals surface area contributed by atoms with Crippen LogP contribution in [0.25, 0.3) is 11.2 Å². The van der Waals surface area contributed by atoms with Crippen LogP contribution in [0.2, 0.25) is 5.02 Å².